The first kappa shape index (κ1) is 15.2. The first-order valence-electron chi connectivity index (χ1n) is 8.15. The van der Waals surface area contributed by atoms with Gasteiger partial charge in [0.15, 0.2) is 5.69 Å². The molecule has 1 N–H and O–H groups in total. The second-order valence-corrected chi connectivity index (χ2v) is 6.91. The van der Waals surface area contributed by atoms with Gasteiger partial charge in [0, 0.05) is 23.4 Å². The minimum absolute atomic E-state index is 0.00618. The van der Waals surface area contributed by atoms with Crippen LogP contribution in [0.25, 0.3) is 0 Å². The second-order valence-electron chi connectivity index (χ2n) is 5.93. The second kappa shape index (κ2) is 6.65. The van der Waals surface area contributed by atoms with Crippen LogP contribution < -0.4 is 5.32 Å². The first-order valence-corrected chi connectivity index (χ1v) is 9.03. The monoisotopic (exact) mass is 342 g/mol. The molecule has 3 aromatic rings. The van der Waals surface area contributed by atoms with E-state index in [1.165, 1.54) is 0 Å². The number of rotatable bonds is 5. The summed E-state index contributed by atoms with van der Waals surface area (Å²) in [4.78, 5) is 13.7. The first-order chi connectivity index (χ1) is 11.8. The Morgan fingerprint density at radius 3 is 3.00 bits per heavy atom. The van der Waals surface area contributed by atoms with E-state index < -0.39 is 0 Å². The molecule has 0 aliphatic heterocycles. The van der Waals surface area contributed by atoms with Gasteiger partial charge in [0.2, 0.25) is 0 Å². The molecular formula is C18H18N2O3S. The number of aryl methyl sites for hydroxylation is 1. The van der Waals surface area contributed by atoms with E-state index in [4.69, 9.17) is 8.94 Å². The lowest BCUT2D eigenvalue weighted by atomic mass is 9.96. The van der Waals surface area contributed by atoms with Crippen molar-refractivity contribution < 1.29 is 13.7 Å². The van der Waals surface area contributed by atoms with Crippen molar-refractivity contribution >= 4 is 17.2 Å². The minimum atomic E-state index is -0.171. The van der Waals surface area contributed by atoms with Crippen molar-refractivity contribution in [2.45, 2.75) is 31.6 Å². The van der Waals surface area contributed by atoms with Crippen LogP contribution in [0.5, 0.6) is 0 Å². The van der Waals surface area contributed by atoms with Crippen LogP contribution in [0.4, 0.5) is 0 Å². The predicted molar refractivity (Wildman–Crippen MR) is 90.3 cm³/mol. The van der Waals surface area contributed by atoms with Crippen LogP contribution in [0.1, 0.15) is 51.2 Å². The Morgan fingerprint density at radius 1 is 1.29 bits per heavy atom. The number of fused-ring (bicyclic) bond motifs is 1. The number of furan rings is 1. The van der Waals surface area contributed by atoms with Gasteiger partial charge in [-0.3, -0.25) is 4.79 Å². The summed E-state index contributed by atoms with van der Waals surface area (Å²) in [5.74, 6) is 1.55. The van der Waals surface area contributed by atoms with E-state index in [1.54, 1.807) is 17.6 Å². The van der Waals surface area contributed by atoms with Crippen LogP contribution in [0.3, 0.4) is 0 Å². The van der Waals surface area contributed by atoms with Gasteiger partial charge in [0.25, 0.3) is 5.91 Å². The molecule has 0 radical (unpaired) electrons. The van der Waals surface area contributed by atoms with E-state index in [1.807, 2.05) is 23.6 Å². The maximum Gasteiger partial charge on any atom is 0.273 e. The molecule has 1 aliphatic rings. The minimum Gasteiger partial charge on any atom is -0.469 e. The van der Waals surface area contributed by atoms with Gasteiger partial charge < -0.3 is 14.3 Å². The van der Waals surface area contributed by atoms with Crippen molar-refractivity contribution in [1.29, 1.82) is 0 Å². The summed E-state index contributed by atoms with van der Waals surface area (Å²) in [5, 5.41) is 9.02. The molecule has 24 heavy (non-hydrogen) atoms. The van der Waals surface area contributed by atoms with Crippen LogP contribution in [-0.4, -0.2) is 17.6 Å². The third kappa shape index (κ3) is 2.89. The maximum absolute atomic E-state index is 12.6. The van der Waals surface area contributed by atoms with E-state index in [0.717, 1.165) is 47.6 Å². The van der Waals surface area contributed by atoms with E-state index >= 15 is 0 Å². The number of nitrogens with one attached hydrogen (secondary N) is 1. The largest absolute Gasteiger partial charge is 0.469 e. The van der Waals surface area contributed by atoms with E-state index in [0.29, 0.717) is 12.2 Å². The standard InChI is InChI=1S/C18H18N2O3S/c21-18(17-12-5-1-2-6-15(12)23-20-17)19-11-13(14-7-3-9-22-14)16-8-4-10-24-16/h3-4,7-10,13H,1-2,5-6,11H2,(H,19,21). The average Bonchev–Trinajstić information content (AvgIpc) is 3.36. The van der Waals surface area contributed by atoms with Crippen LogP contribution >= 0.6 is 11.3 Å². The van der Waals surface area contributed by atoms with Crippen molar-refractivity contribution in [2.75, 3.05) is 6.54 Å². The summed E-state index contributed by atoms with van der Waals surface area (Å²) in [6.45, 7) is 0.467. The molecule has 124 valence electrons. The number of hydrogen-bond acceptors (Lipinski definition) is 5. The fourth-order valence-corrected chi connectivity index (χ4v) is 4.00. The van der Waals surface area contributed by atoms with Gasteiger partial charge in [-0.25, -0.2) is 0 Å². The van der Waals surface area contributed by atoms with Crippen molar-refractivity contribution in [2.24, 2.45) is 0 Å². The zero-order valence-electron chi connectivity index (χ0n) is 13.2. The van der Waals surface area contributed by atoms with Crippen molar-refractivity contribution in [3.8, 4) is 0 Å². The highest BCUT2D eigenvalue weighted by molar-refractivity contribution is 7.10. The highest BCUT2D eigenvalue weighted by Crippen LogP contribution is 2.28. The highest BCUT2D eigenvalue weighted by atomic mass is 32.1. The number of thiophene rings is 1. The number of carbonyl (C=O) groups is 1. The smallest absolute Gasteiger partial charge is 0.273 e. The molecule has 4 rings (SSSR count). The van der Waals surface area contributed by atoms with Gasteiger partial charge in [0.1, 0.15) is 11.5 Å². The van der Waals surface area contributed by atoms with Gasteiger partial charge in [-0.2, -0.15) is 0 Å². The molecule has 0 bridgehead atoms. The molecule has 0 aromatic carbocycles. The number of nitrogens with zero attached hydrogens (tertiary/aromatic N) is 1. The zero-order chi connectivity index (χ0) is 16.4. The molecule has 1 atom stereocenters. The van der Waals surface area contributed by atoms with Crippen molar-refractivity contribution in [1.82, 2.24) is 10.5 Å². The molecule has 3 aromatic heterocycles. The molecule has 0 spiro atoms. The number of hydrogen-bond donors (Lipinski definition) is 1. The third-order valence-corrected chi connectivity index (χ3v) is 5.39. The van der Waals surface area contributed by atoms with E-state index in [9.17, 15) is 4.79 Å². The van der Waals surface area contributed by atoms with Gasteiger partial charge in [-0.15, -0.1) is 11.3 Å². The third-order valence-electron chi connectivity index (χ3n) is 4.41. The Labute approximate surface area is 143 Å². The fourth-order valence-electron chi connectivity index (χ4n) is 3.16. The molecule has 0 saturated carbocycles. The lowest BCUT2D eigenvalue weighted by Gasteiger charge is -2.14. The number of amides is 1. The fraction of sp³-hybridized carbons (Fsp3) is 0.333. The Bertz CT molecular complexity index is 771. The molecule has 0 saturated heterocycles. The topological polar surface area (TPSA) is 68.3 Å². The Kier molecular flexibility index (Phi) is 4.21. The molecule has 1 amide bonds. The quantitative estimate of drug-likeness (QED) is 0.766. The average molecular weight is 342 g/mol. The molecule has 1 aliphatic carbocycles. The van der Waals surface area contributed by atoms with Gasteiger partial charge >= 0.3 is 0 Å². The SMILES string of the molecule is O=C(NCC(c1ccco1)c1cccs1)c1noc2c1CCCC2. The molecule has 0 fully saturated rings. The summed E-state index contributed by atoms with van der Waals surface area (Å²) in [6.07, 6.45) is 5.58. The van der Waals surface area contributed by atoms with Crippen LogP contribution in [0.2, 0.25) is 0 Å². The highest BCUT2D eigenvalue weighted by Gasteiger charge is 2.25. The summed E-state index contributed by atoms with van der Waals surface area (Å²) >= 11 is 1.66. The maximum atomic E-state index is 12.6. The van der Waals surface area contributed by atoms with Gasteiger partial charge in [-0.1, -0.05) is 11.2 Å². The summed E-state index contributed by atoms with van der Waals surface area (Å²) in [6, 6.07) is 7.87. The normalized spacial score (nSPS) is 15.0. The van der Waals surface area contributed by atoms with Crippen molar-refractivity contribution in [3.05, 3.63) is 63.6 Å². The van der Waals surface area contributed by atoms with Crippen molar-refractivity contribution in [3.63, 3.8) is 0 Å². The molecular weight excluding hydrogens is 324 g/mol. The lowest BCUT2D eigenvalue weighted by molar-refractivity contribution is 0.0942. The molecule has 5 nitrogen and oxygen atoms in total. The van der Waals surface area contributed by atoms with E-state index in [2.05, 4.69) is 16.5 Å². The van der Waals surface area contributed by atoms with Crippen LogP contribution in [0, 0.1) is 0 Å². The zero-order valence-corrected chi connectivity index (χ0v) is 14.0. The van der Waals surface area contributed by atoms with Gasteiger partial charge in [-0.05, 0) is 42.8 Å². The Hall–Kier alpha value is -2.34. The van der Waals surface area contributed by atoms with Crippen LogP contribution in [0.15, 0.2) is 44.8 Å². The lowest BCUT2D eigenvalue weighted by Crippen LogP contribution is -2.29. The van der Waals surface area contributed by atoms with E-state index in [-0.39, 0.29) is 11.8 Å². The predicted octanol–water partition coefficient (Wildman–Crippen LogP) is 3.77. The summed E-state index contributed by atoms with van der Waals surface area (Å²) < 4.78 is 10.9. The molecule has 6 heteroatoms. The molecule has 3 heterocycles. The summed E-state index contributed by atoms with van der Waals surface area (Å²) in [7, 11) is 0. The Morgan fingerprint density at radius 2 is 2.21 bits per heavy atom. The number of aromatic nitrogens is 1. The molecule has 1 unspecified atom stereocenters. The van der Waals surface area contributed by atoms with Gasteiger partial charge in [0.05, 0.1) is 12.2 Å². The van der Waals surface area contributed by atoms with Crippen LogP contribution in [-0.2, 0) is 12.8 Å². The number of carbonyl (C=O) groups excluding carboxylic acids is 1. The Balaban J connectivity index is 1.50. The summed E-state index contributed by atoms with van der Waals surface area (Å²) in [5.41, 5.74) is 1.42.